The van der Waals surface area contributed by atoms with Gasteiger partial charge in [-0.15, -0.1) is 0 Å². The molecule has 0 atom stereocenters. The van der Waals surface area contributed by atoms with Gasteiger partial charge in [-0.3, -0.25) is 24.4 Å². The molecule has 4 rings (SSSR count). The van der Waals surface area contributed by atoms with Gasteiger partial charge in [-0.05, 0) is 19.1 Å². The molecule has 0 aliphatic carbocycles. The van der Waals surface area contributed by atoms with Gasteiger partial charge in [0.05, 0.1) is 17.3 Å². The lowest BCUT2D eigenvalue weighted by Gasteiger charge is -2.27. The topological polar surface area (TPSA) is 86.4 Å². The van der Waals surface area contributed by atoms with Crippen LogP contribution in [0.2, 0.25) is 0 Å². The van der Waals surface area contributed by atoms with Crippen molar-refractivity contribution in [2.75, 3.05) is 13.1 Å². The maximum atomic E-state index is 12.5. The Hall–Kier alpha value is -2.96. The van der Waals surface area contributed by atoms with E-state index in [4.69, 9.17) is 0 Å². The number of imide groups is 1. The number of benzene rings is 1. The molecule has 3 amide bonds. The third-order valence-corrected chi connectivity index (χ3v) is 4.83. The van der Waals surface area contributed by atoms with E-state index >= 15 is 0 Å². The van der Waals surface area contributed by atoms with Crippen molar-refractivity contribution in [1.29, 1.82) is 0 Å². The lowest BCUT2D eigenvalue weighted by atomic mass is 10.1. The average molecular weight is 338 g/mol. The first kappa shape index (κ1) is 15.6. The highest BCUT2D eigenvalue weighted by Crippen LogP contribution is 2.24. The van der Waals surface area contributed by atoms with E-state index in [9.17, 15) is 14.4 Å². The molecule has 0 fully saturated rings. The highest BCUT2D eigenvalue weighted by molar-refractivity contribution is 6.21. The number of nitrogens with one attached hydrogen (secondary N) is 1. The first-order valence-corrected chi connectivity index (χ1v) is 8.30. The molecule has 0 spiro atoms. The van der Waals surface area contributed by atoms with E-state index < -0.39 is 0 Å². The Bertz CT molecular complexity index is 886. The molecule has 3 heterocycles. The summed E-state index contributed by atoms with van der Waals surface area (Å²) in [5.74, 6) is -0.685. The molecule has 2 aromatic rings. The molecule has 7 heteroatoms. The van der Waals surface area contributed by atoms with Crippen LogP contribution in [0.5, 0.6) is 0 Å². The smallest absolute Gasteiger partial charge is 0.261 e. The summed E-state index contributed by atoms with van der Waals surface area (Å²) in [4.78, 5) is 40.2. The molecular weight excluding hydrogens is 320 g/mol. The zero-order valence-corrected chi connectivity index (χ0v) is 13.9. The van der Waals surface area contributed by atoms with Crippen molar-refractivity contribution < 1.29 is 14.4 Å². The summed E-state index contributed by atoms with van der Waals surface area (Å²) in [6.07, 6.45) is 2.62. The Morgan fingerprint density at radius 3 is 2.88 bits per heavy atom. The largest absolute Gasteiger partial charge is 0.338 e. The summed E-state index contributed by atoms with van der Waals surface area (Å²) >= 11 is 0. The molecule has 7 nitrogen and oxygen atoms in total. The molecule has 0 saturated heterocycles. The maximum Gasteiger partial charge on any atom is 0.261 e. The number of hydrogen-bond donors (Lipinski definition) is 1. The van der Waals surface area contributed by atoms with E-state index in [2.05, 4.69) is 10.2 Å². The van der Waals surface area contributed by atoms with Gasteiger partial charge in [0.25, 0.3) is 11.8 Å². The first-order valence-electron chi connectivity index (χ1n) is 8.30. The van der Waals surface area contributed by atoms with Crippen LogP contribution < -0.4 is 0 Å². The van der Waals surface area contributed by atoms with Crippen LogP contribution in [0.1, 0.15) is 44.0 Å². The molecule has 2 aliphatic rings. The predicted molar refractivity (Wildman–Crippen MR) is 88.9 cm³/mol. The summed E-state index contributed by atoms with van der Waals surface area (Å²) in [6, 6.07) is 5.22. The number of aryl methyl sites for hydroxylation is 1. The summed E-state index contributed by atoms with van der Waals surface area (Å²) in [5.41, 5.74) is 3.88. The zero-order chi connectivity index (χ0) is 17.6. The summed E-state index contributed by atoms with van der Waals surface area (Å²) in [5, 5.41) is 6.93. The van der Waals surface area contributed by atoms with Gasteiger partial charge in [-0.1, -0.05) is 11.6 Å². The summed E-state index contributed by atoms with van der Waals surface area (Å²) in [7, 11) is 0. The number of nitrogens with zero attached hydrogens (tertiary/aromatic N) is 3. The van der Waals surface area contributed by atoms with E-state index in [-0.39, 0.29) is 30.7 Å². The fourth-order valence-corrected chi connectivity index (χ4v) is 3.41. The molecular formula is C18H18N4O3. The van der Waals surface area contributed by atoms with Crippen molar-refractivity contribution in [1.82, 2.24) is 20.0 Å². The van der Waals surface area contributed by atoms with Crippen LogP contribution >= 0.6 is 0 Å². The zero-order valence-electron chi connectivity index (χ0n) is 13.9. The minimum atomic E-state index is -0.316. The fourth-order valence-electron chi connectivity index (χ4n) is 3.41. The van der Waals surface area contributed by atoms with E-state index in [1.807, 2.05) is 13.0 Å². The van der Waals surface area contributed by atoms with Crippen molar-refractivity contribution in [3.8, 4) is 0 Å². The van der Waals surface area contributed by atoms with Crippen molar-refractivity contribution >= 4 is 17.7 Å². The van der Waals surface area contributed by atoms with Gasteiger partial charge in [-0.2, -0.15) is 5.10 Å². The average Bonchev–Trinajstić information content (AvgIpc) is 3.16. The molecule has 128 valence electrons. The summed E-state index contributed by atoms with van der Waals surface area (Å²) in [6.45, 7) is 3.13. The Kier molecular flexibility index (Phi) is 3.63. The van der Waals surface area contributed by atoms with Gasteiger partial charge in [0.15, 0.2) is 0 Å². The summed E-state index contributed by atoms with van der Waals surface area (Å²) < 4.78 is 0. The third kappa shape index (κ3) is 2.61. The second kappa shape index (κ2) is 5.84. The van der Waals surface area contributed by atoms with Crippen LogP contribution in [0.15, 0.2) is 24.4 Å². The monoisotopic (exact) mass is 338 g/mol. The van der Waals surface area contributed by atoms with Gasteiger partial charge in [-0.25, -0.2) is 0 Å². The molecule has 25 heavy (non-hydrogen) atoms. The van der Waals surface area contributed by atoms with Crippen LogP contribution in [-0.2, 0) is 17.8 Å². The van der Waals surface area contributed by atoms with E-state index in [0.717, 1.165) is 23.2 Å². The molecule has 0 radical (unpaired) electrons. The van der Waals surface area contributed by atoms with E-state index in [1.54, 1.807) is 23.2 Å². The lowest BCUT2D eigenvalue weighted by Crippen LogP contribution is -2.39. The highest BCUT2D eigenvalue weighted by Gasteiger charge is 2.35. The minimum absolute atomic E-state index is 0.0559. The van der Waals surface area contributed by atoms with Gasteiger partial charge >= 0.3 is 0 Å². The van der Waals surface area contributed by atoms with Crippen molar-refractivity contribution in [2.24, 2.45) is 0 Å². The van der Waals surface area contributed by atoms with Gasteiger partial charge in [0, 0.05) is 43.7 Å². The number of fused-ring (bicyclic) bond motifs is 2. The molecule has 1 N–H and O–H groups in total. The van der Waals surface area contributed by atoms with Crippen molar-refractivity contribution in [2.45, 2.75) is 26.3 Å². The number of aromatic nitrogens is 2. The maximum absolute atomic E-state index is 12.5. The molecule has 0 saturated carbocycles. The first-order chi connectivity index (χ1) is 12.0. The van der Waals surface area contributed by atoms with Gasteiger partial charge < -0.3 is 4.90 Å². The van der Waals surface area contributed by atoms with E-state index in [1.165, 1.54) is 4.90 Å². The molecule has 1 aromatic heterocycles. The number of H-pyrrole nitrogens is 1. The Morgan fingerprint density at radius 1 is 1.24 bits per heavy atom. The van der Waals surface area contributed by atoms with Gasteiger partial charge in [0.1, 0.15) is 0 Å². The molecule has 1 aromatic carbocycles. The quantitative estimate of drug-likeness (QED) is 0.855. The third-order valence-electron chi connectivity index (χ3n) is 4.83. The Balaban J connectivity index is 1.41. The molecule has 0 unspecified atom stereocenters. The Labute approximate surface area is 144 Å². The molecule has 0 bridgehead atoms. The fraction of sp³-hybridized carbons (Fsp3) is 0.333. The van der Waals surface area contributed by atoms with Crippen LogP contribution in [0.25, 0.3) is 0 Å². The van der Waals surface area contributed by atoms with Crippen LogP contribution in [0.4, 0.5) is 0 Å². The number of rotatable bonds is 3. The lowest BCUT2D eigenvalue weighted by molar-refractivity contribution is -0.132. The standard InChI is InChI=1S/C18H18N4O3/c1-11-2-3-13-14(8-11)18(25)22(17(13)24)7-5-16(23)21-6-4-15-12(10-21)9-19-20-15/h2-3,8-9H,4-7,10H2,1H3,(H,19,20). The highest BCUT2D eigenvalue weighted by atomic mass is 16.2. The van der Waals surface area contributed by atoms with Crippen LogP contribution in [0.3, 0.4) is 0 Å². The number of amides is 3. The number of carbonyl (C=O) groups is 3. The van der Waals surface area contributed by atoms with Crippen LogP contribution in [-0.4, -0.2) is 50.8 Å². The van der Waals surface area contributed by atoms with Crippen molar-refractivity contribution in [3.63, 3.8) is 0 Å². The second-order valence-electron chi connectivity index (χ2n) is 6.50. The van der Waals surface area contributed by atoms with Crippen molar-refractivity contribution in [3.05, 3.63) is 52.3 Å². The number of carbonyl (C=O) groups excluding carboxylic acids is 3. The van der Waals surface area contributed by atoms with Gasteiger partial charge in [0.2, 0.25) is 5.91 Å². The number of aromatic amines is 1. The minimum Gasteiger partial charge on any atom is -0.338 e. The van der Waals surface area contributed by atoms with Crippen LogP contribution in [0, 0.1) is 6.92 Å². The normalized spacial score (nSPS) is 16.2. The van der Waals surface area contributed by atoms with E-state index in [0.29, 0.717) is 24.2 Å². The number of hydrogen-bond acceptors (Lipinski definition) is 4. The predicted octanol–water partition coefficient (Wildman–Crippen LogP) is 1.29. The SMILES string of the molecule is Cc1ccc2c(c1)C(=O)N(CCC(=O)N1CCc3[nH]ncc3C1)C2=O. The second-order valence-corrected chi connectivity index (χ2v) is 6.50. The molecule has 2 aliphatic heterocycles. The Morgan fingerprint density at radius 2 is 2.04 bits per heavy atom.